The molecular formula is C14H12IN3OS. The quantitative estimate of drug-likeness (QED) is 0.541. The van der Waals surface area contributed by atoms with E-state index < -0.39 is 0 Å². The van der Waals surface area contributed by atoms with Crippen LogP contribution in [-0.2, 0) is 6.54 Å². The largest absolute Gasteiger partial charge is 0.481 e. The van der Waals surface area contributed by atoms with Crippen molar-refractivity contribution in [3.8, 4) is 5.88 Å². The SMILES string of the molecule is COc1cc(Cn2c(=S)[nH]c3cc(I)ccc32)ccn1. The molecule has 0 saturated heterocycles. The second-order valence-corrected chi connectivity index (χ2v) is 6.02. The molecular weight excluding hydrogens is 385 g/mol. The second kappa shape index (κ2) is 5.53. The summed E-state index contributed by atoms with van der Waals surface area (Å²) in [6, 6.07) is 10.1. The van der Waals surface area contributed by atoms with Gasteiger partial charge in [0.25, 0.3) is 0 Å². The molecule has 2 aromatic heterocycles. The minimum atomic E-state index is 0.614. The molecule has 0 amide bonds. The van der Waals surface area contributed by atoms with Gasteiger partial charge in [-0.25, -0.2) is 4.98 Å². The summed E-state index contributed by atoms with van der Waals surface area (Å²) in [6.07, 6.45) is 1.75. The molecule has 6 heteroatoms. The Morgan fingerprint density at radius 1 is 1.35 bits per heavy atom. The molecule has 0 aliphatic heterocycles. The molecule has 3 aromatic rings. The number of aromatic nitrogens is 3. The van der Waals surface area contributed by atoms with E-state index in [1.54, 1.807) is 13.3 Å². The number of methoxy groups -OCH3 is 1. The molecule has 1 N–H and O–H groups in total. The summed E-state index contributed by atoms with van der Waals surface area (Å²) in [6.45, 7) is 0.693. The van der Waals surface area contributed by atoms with Gasteiger partial charge in [-0.15, -0.1) is 0 Å². The van der Waals surface area contributed by atoms with Gasteiger partial charge in [-0.2, -0.15) is 0 Å². The Bertz CT molecular complexity index is 825. The third kappa shape index (κ3) is 2.57. The number of pyridine rings is 1. The highest BCUT2D eigenvalue weighted by Crippen LogP contribution is 2.19. The van der Waals surface area contributed by atoms with Crippen molar-refractivity contribution in [1.29, 1.82) is 0 Å². The lowest BCUT2D eigenvalue weighted by Crippen LogP contribution is -2.00. The van der Waals surface area contributed by atoms with Crippen molar-refractivity contribution < 1.29 is 4.74 Å². The lowest BCUT2D eigenvalue weighted by molar-refractivity contribution is 0.397. The highest BCUT2D eigenvalue weighted by molar-refractivity contribution is 14.1. The molecule has 0 aliphatic rings. The van der Waals surface area contributed by atoms with Crippen molar-refractivity contribution in [3.63, 3.8) is 0 Å². The van der Waals surface area contributed by atoms with Gasteiger partial charge in [0.15, 0.2) is 4.77 Å². The molecule has 102 valence electrons. The van der Waals surface area contributed by atoms with Gasteiger partial charge in [0.1, 0.15) is 0 Å². The van der Waals surface area contributed by atoms with E-state index in [9.17, 15) is 0 Å². The van der Waals surface area contributed by atoms with E-state index in [0.717, 1.165) is 21.4 Å². The molecule has 0 fully saturated rings. The zero-order valence-electron chi connectivity index (χ0n) is 10.8. The molecule has 20 heavy (non-hydrogen) atoms. The number of imidazole rings is 1. The van der Waals surface area contributed by atoms with E-state index >= 15 is 0 Å². The fourth-order valence-corrected chi connectivity index (χ4v) is 2.90. The summed E-state index contributed by atoms with van der Waals surface area (Å²) in [5, 5.41) is 0. The maximum atomic E-state index is 5.41. The summed E-state index contributed by atoms with van der Waals surface area (Å²) in [4.78, 5) is 7.36. The first-order valence-corrected chi connectivity index (χ1v) is 7.53. The zero-order chi connectivity index (χ0) is 14.1. The van der Waals surface area contributed by atoms with E-state index in [0.29, 0.717) is 12.4 Å². The highest BCUT2D eigenvalue weighted by atomic mass is 127. The molecule has 2 heterocycles. The van der Waals surface area contributed by atoms with E-state index in [2.05, 4.69) is 55.3 Å². The smallest absolute Gasteiger partial charge is 0.213 e. The number of aromatic amines is 1. The van der Waals surface area contributed by atoms with Crippen molar-refractivity contribution in [2.45, 2.75) is 6.54 Å². The van der Waals surface area contributed by atoms with E-state index in [-0.39, 0.29) is 0 Å². The van der Waals surface area contributed by atoms with Gasteiger partial charge in [0.2, 0.25) is 5.88 Å². The standard InChI is InChI=1S/C14H12IN3OS/c1-19-13-6-9(4-5-16-13)8-18-12-3-2-10(15)7-11(12)17-14(18)20/h2-7H,8H2,1H3,(H,17,20). The van der Waals surface area contributed by atoms with E-state index in [1.165, 1.54) is 3.57 Å². The number of fused-ring (bicyclic) bond motifs is 1. The van der Waals surface area contributed by atoms with Crippen LogP contribution in [0.2, 0.25) is 0 Å². The number of hydrogen-bond donors (Lipinski definition) is 1. The first-order valence-electron chi connectivity index (χ1n) is 6.04. The summed E-state index contributed by atoms with van der Waals surface area (Å²) in [5.74, 6) is 0.614. The first-order chi connectivity index (χ1) is 9.67. The lowest BCUT2D eigenvalue weighted by Gasteiger charge is -2.06. The summed E-state index contributed by atoms with van der Waals surface area (Å²) in [7, 11) is 1.62. The van der Waals surface area contributed by atoms with E-state index in [4.69, 9.17) is 17.0 Å². The Labute approximate surface area is 134 Å². The number of halogens is 1. The number of ether oxygens (including phenoxy) is 1. The normalized spacial score (nSPS) is 10.9. The van der Waals surface area contributed by atoms with Crippen molar-refractivity contribution in [2.24, 2.45) is 0 Å². The van der Waals surface area contributed by atoms with Crippen LogP contribution < -0.4 is 4.74 Å². The van der Waals surface area contributed by atoms with Crippen molar-refractivity contribution in [1.82, 2.24) is 14.5 Å². The van der Waals surface area contributed by atoms with Crippen molar-refractivity contribution in [2.75, 3.05) is 7.11 Å². The highest BCUT2D eigenvalue weighted by Gasteiger charge is 2.06. The van der Waals surface area contributed by atoms with Gasteiger partial charge in [0.05, 0.1) is 24.7 Å². The Hall–Kier alpha value is -1.41. The Morgan fingerprint density at radius 2 is 2.20 bits per heavy atom. The maximum Gasteiger partial charge on any atom is 0.213 e. The van der Waals surface area contributed by atoms with Crippen LogP contribution >= 0.6 is 34.8 Å². The summed E-state index contributed by atoms with van der Waals surface area (Å²) >= 11 is 7.71. The van der Waals surface area contributed by atoms with Crippen molar-refractivity contribution >= 4 is 45.8 Å². The van der Waals surface area contributed by atoms with Crippen LogP contribution in [0.25, 0.3) is 11.0 Å². The zero-order valence-corrected chi connectivity index (χ0v) is 13.7. The molecule has 0 bridgehead atoms. The van der Waals surface area contributed by atoms with Crippen LogP contribution in [0.5, 0.6) is 5.88 Å². The van der Waals surface area contributed by atoms with E-state index in [1.807, 2.05) is 12.1 Å². The topological polar surface area (TPSA) is 42.8 Å². The molecule has 1 aromatic carbocycles. The van der Waals surface area contributed by atoms with Gasteiger partial charge in [-0.1, -0.05) is 0 Å². The number of nitrogens with zero attached hydrogens (tertiary/aromatic N) is 2. The molecule has 0 unspecified atom stereocenters. The first kappa shape index (κ1) is 13.6. The van der Waals surface area contributed by atoms with Crippen LogP contribution in [0.4, 0.5) is 0 Å². The molecule has 3 rings (SSSR count). The Kier molecular flexibility index (Phi) is 3.75. The average molecular weight is 397 g/mol. The van der Waals surface area contributed by atoms with Gasteiger partial charge in [0, 0.05) is 15.8 Å². The molecule has 0 aliphatic carbocycles. The molecule has 0 atom stereocenters. The maximum absolute atomic E-state index is 5.41. The molecule has 0 saturated carbocycles. The number of H-pyrrole nitrogens is 1. The number of nitrogens with one attached hydrogen (secondary N) is 1. The molecule has 0 radical (unpaired) electrons. The van der Waals surface area contributed by atoms with Crippen LogP contribution in [-0.4, -0.2) is 21.6 Å². The van der Waals surface area contributed by atoms with Crippen LogP contribution in [0.1, 0.15) is 5.56 Å². The minimum absolute atomic E-state index is 0.614. The summed E-state index contributed by atoms with van der Waals surface area (Å²) < 4.78 is 9.14. The van der Waals surface area contributed by atoms with Crippen LogP contribution in [0.3, 0.4) is 0 Å². The fraction of sp³-hybridized carbons (Fsp3) is 0.143. The number of hydrogen-bond acceptors (Lipinski definition) is 3. The minimum Gasteiger partial charge on any atom is -0.481 e. The van der Waals surface area contributed by atoms with Crippen LogP contribution in [0.15, 0.2) is 36.5 Å². The predicted octanol–water partition coefficient (Wildman–Crippen LogP) is 3.76. The van der Waals surface area contributed by atoms with Gasteiger partial charge in [-0.05, 0) is 64.6 Å². The van der Waals surface area contributed by atoms with Gasteiger partial charge in [-0.3, -0.25) is 0 Å². The van der Waals surface area contributed by atoms with Gasteiger partial charge < -0.3 is 14.3 Å². The molecule has 0 spiro atoms. The van der Waals surface area contributed by atoms with Crippen molar-refractivity contribution in [3.05, 3.63) is 50.4 Å². The lowest BCUT2D eigenvalue weighted by atomic mass is 10.2. The predicted molar refractivity (Wildman–Crippen MR) is 89.7 cm³/mol. The fourth-order valence-electron chi connectivity index (χ4n) is 2.14. The second-order valence-electron chi connectivity index (χ2n) is 4.38. The summed E-state index contributed by atoms with van der Waals surface area (Å²) in [5.41, 5.74) is 3.27. The van der Waals surface area contributed by atoms with Crippen LogP contribution in [0, 0.1) is 8.34 Å². The third-order valence-corrected chi connectivity index (χ3v) is 4.08. The average Bonchev–Trinajstić information content (AvgIpc) is 2.74. The number of rotatable bonds is 3. The Morgan fingerprint density at radius 3 is 3.00 bits per heavy atom. The Balaban J connectivity index is 2.06. The number of benzene rings is 1. The molecule has 4 nitrogen and oxygen atoms in total. The van der Waals surface area contributed by atoms with Gasteiger partial charge >= 0.3 is 0 Å². The third-order valence-electron chi connectivity index (χ3n) is 3.09. The monoisotopic (exact) mass is 397 g/mol.